The highest BCUT2D eigenvalue weighted by Crippen LogP contribution is 2.19. The molecule has 0 unspecified atom stereocenters. The van der Waals surface area contributed by atoms with Crippen LogP contribution in [-0.2, 0) is 23.9 Å². The molecule has 4 rings (SSSR count). The molecule has 0 amide bonds. The van der Waals surface area contributed by atoms with Gasteiger partial charge in [0, 0.05) is 44.0 Å². The predicted octanol–water partition coefficient (Wildman–Crippen LogP) is 5.50. The maximum atomic E-state index is 11.7. The molecule has 0 saturated carbocycles. The summed E-state index contributed by atoms with van der Waals surface area (Å²) in [5.41, 5.74) is -1.54. The fraction of sp³-hybridized carbons (Fsp3) is 0.341. The molecule has 4 aromatic heterocycles. The first kappa shape index (κ1) is 50.7. The quantitative estimate of drug-likeness (QED) is 0.0715. The molecule has 0 spiro atoms. The van der Waals surface area contributed by atoms with Gasteiger partial charge in [-0.25, -0.2) is 24.7 Å². The predicted molar refractivity (Wildman–Crippen MR) is 211 cm³/mol. The van der Waals surface area contributed by atoms with Crippen LogP contribution < -0.4 is 0 Å². The average Bonchev–Trinajstić information content (AvgIpc) is 3.15. The number of aromatic carboxylic acids is 1. The first-order valence-corrected chi connectivity index (χ1v) is 18.0. The van der Waals surface area contributed by atoms with Crippen LogP contribution in [0.3, 0.4) is 0 Å². The number of carbonyl (C=O) groups is 7. The Kier molecular flexibility index (Phi) is 20.7. The largest absolute Gasteiger partial charge is 0.506 e. The Morgan fingerprint density at radius 1 is 0.450 bits per heavy atom. The molecule has 0 saturated heterocycles. The Morgan fingerprint density at radius 2 is 0.717 bits per heavy atom. The maximum absolute atomic E-state index is 11.7. The van der Waals surface area contributed by atoms with Crippen molar-refractivity contribution in [2.24, 2.45) is 0 Å². The third-order valence-corrected chi connectivity index (χ3v) is 6.66. The van der Waals surface area contributed by atoms with E-state index in [1.54, 1.807) is 41.5 Å². The van der Waals surface area contributed by atoms with Crippen molar-refractivity contribution in [2.45, 2.75) is 91.3 Å². The van der Waals surface area contributed by atoms with Crippen molar-refractivity contribution < 1.29 is 73.7 Å². The van der Waals surface area contributed by atoms with Crippen LogP contribution in [0.25, 0.3) is 0 Å². The van der Waals surface area contributed by atoms with Crippen LogP contribution in [0.2, 0.25) is 0 Å². The van der Waals surface area contributed by atoms with Gasteiger partial charge in [-0.3, -0.25) is 28.8 Å². The Balaban J connectivity index is 0.000000408. The van der Waals surface area contributed by atoms with E-state index in [1.807, 2.05) is 0 Å². The van der Waals surface area contributed by atoms with Gasteiger partial charge in [-0.15, -0.1) is 0 Å². The first-order valence-electron chi connectivity index (χ1n) is 18.0. The summed E-state index contributed by atoms with van der Waals surface area (Å²) in [6.07, 6.45) is 5.00. The molecule has 0 atom stereocenters. The zero-order valence-corrected chi connectivity index (χ0v) is 33.8. The van der Waals surface area contributed by atoms with E-state index in [-0.39, 0.29) is 95.9 Å². The van der Waals surface area contributed by atoms with Gasteiger partial charge in [-0.1, -0.05) is 0 Å². The zero-order valence-electron chi connectivity index (χ0n) is 33.8. The molecule has 322 valence electrons. The van der Waals surface area contributed by atoms with Crippen molar-refractivity contribution in [3.63, 3.8) is 0 Å². The molecule has 0 aliphatic carbocycles. The minimum absolute atomic E-state index is 0.0129. The van der Waals surface area contributed by atoms with Crippen molar-refractivity contribution in [3.05, 3.63) is 96.1 Å². The number of aliphatic carboxylic acids is 1. The van der Waals surface area contributed by atoms with E-state index in [0.717, 1.165) is 0 Å². The number of carboxylic acids is 2. The van der Waals surface area contributed by atoms with Crippen LogP contribution in [-0.4, -0.2) is 103 Å². The second-order valence-electron chi connectivity index (χ2n) is 14.1. The van der Waals surface area contributed by atoms with E-state index in [1.165, 1.54) is 73.3 Å². The van der Waals surface area contributed by atoms with Gasteiger partial charge in [0.2, 0.25) is 0 Å². The third-order valence-electron chi connectivity index (χ3n) is 6.66. The van der Waals surface area contributed by atoms with Crippen molar-refractivity contribution in [1.82, 2.24) is 19.9 Å². The molecule has 0 aliphatic rings. The van der Waals surface area contributed by atoms with Crippen LogP contribution in [0.1, 0.15) is 122 Å². The summed E-state index contributed by atoms with van der Waals surface area (Å²) < 4.78 is 10.2. The lowest BCUT2D eigenvalue weighted by Gasteiger charge is -2.19. The number of aromatic nitrogens is 4. The van der Waals surface area contributed by atoms with Crippen LogP contribution in [0.15, 0.2) is 73.3 Å². The smallest absolute Gasteiger partial charge is 0.358 e. The number of pyridine rings is 4. The topological polar surface area (TPSA) is 311 Å². The van der Waals surface area contributed by atoms with Crippen LogP contribution in [0.5, 0.6) is 23.0 Å². The molecule has 0 radical (unpaired) electrons. The fourth-order valence-corrected chi connectivity index (χ4v) is 4.19. The number of esters is 2. The van der Waals surface area contributed by atoms with Gasteiger partial charge in [0.05, 0.1) is 19.3 Å². The van der Waals surface area contributed by atoms with Gasteiger partial charge in [0.1, 0.15) is 51.3 Å². The summed E-state index contributed by atoms with van der Waals surface area (Å²) in [6, 6.07) is 11.4. The molecule has 19 heteroatoms. The van der Waals surface area contributed by atoms with E-state index >= 15 is 0 Å². The lowest BCUT2D eigenvalue weighted by atomic mass is 10.1. The van der Waals surface area contributed by atoms with Crippen molar-refractivity contribution in [3.8, 4) is 23.0 Å². The number of Topliss-reactive ketones (excluding diaryl/α,β-unsaturated/α-hetero) is 3. The Labute approximate surface area is 344 Å². The molecule has 4 heterocycles. The molecule has 0 aromatic carbocycles. The maximum Gasteiger partial charge on any atom is 0.358 e. The van der Waals surface area contributed by atoms with Crippen molar-refractivity contribution in [1.29, 1.82) is 0 Å². The van der Waals surface area contributed by atoms with Gasteiger partial charge in [-0.05, 0) is 90.1 Å². The van der Waals surface area contributed by atoms with E-state index in [2.05, 4.69) is 19.9 Å². The van der Waals surface area contributed by atoms with Crippen LogP contribution in [0, 0.1) is 0 Å². The highest BCUT2D eigenvalue weighted by molar-refractivity contribution is 5.99. The van der Waals surface area contributed by atoms with Crippen LogP contribution in [0.4, 0.5) is 0 Å². The summed E-state index contributed by atoms with van der Waals surface area (Å²) in [7, 11) is 0. The van der Waals surface area contributed by atoms with Gasteiger partial charge in [-0.2, -0.15) is 0 Å². The molecule has 19 nitrogen and oxygen atoms in total. The molecule has 60 heavy (non-hydrogen) atoms. The zero-order chi connectivity index (χ0) is 45.6. The number of aromatic hydroxyl groups is 4. The van der Waals surface area contributed by atoms with Gasteiger partial charge < -0.3 is 40.1 Å². The third kappa shape index (κ3) is 20.7. The van der Waals surface area contributed by atoms with Gasteiger partial charge >= 0.3 is 23.9 Å². The van der Waals surface area contributed by atoms with Crippen molar-refractivity contribution >= 4 is 41.2 Å². The summed E-state index contributed by atoms with van der Waals surface area (Å²) in [6.45, 7) is 10.6. The molecule has 0 aliphatic heterocycles. The van der Waals surface area contributed by atoms with Gasteiger partial charge in [0.25, 0.3) is 0 Å². The standard InChI is InChI=1S/2C13H17NO4.C9H9NO4.C6H5NO3/c2*1-13(2,3)18-11(17)7-6-10(16)12-9(15)5-4-8-14-12;11-6-2-1-5-10-9(6)7(12)3-4-8(13)14;8-4-2-1-3-7-5(4)6(9)10/h2*4-5,8,15H,6-7H2,1-3H3;1-2,5,11H,3-4H2,(H,13,14);1-3,8H,(H,9,10). The number of rotatable bonds is 13. The number of ketones is 3. The number of hydrogen-bond acceptors (Lipinski definition) is 17. The summed E-state index contributed by atoms with van der Waals surface area (Å²) in [5.74, 6) is -5.25. The molecular formula is C41H48N4O15. The summed E-state index contributed by atoms with van der Waals surface area (Å²) >= 11 is 0. The lowest BCUT2D eigenvalue weighted by molar-refractivity contribution is -0.155. The normalized spacial score (nSPS) is 10.4. The number of carbonyl (C=O) groups excluding carboxylic acids is 5. The highest BCUT2D eigenvalue weighted by Gasteiger charge is 2.21. The number of hydrogen-bond donors (Lipinski definition) is 6. The summed E-state index contributed by atoms with van der Waals surface area (Å²) in [5, 5.41) is 53.6. The number of carboxylic acid groups (broad SMARTS) is 2. The average molecular weight is 837 g/mol. The molecule has 4 aromatic rings. The van der Waals surface area contributed by atoms with E-state index < -0.39 is 40.9 Å². The second kappa shape index (κ2) is 24.5. The molecule has 0 fully saturated rings. The van der Waals surface area contributed by atoms with E-state index in [4.69, 9.17) is 24.8 Å². The molecule has 0 bridgehead atoms. The Bertz CT molecular complexity index is 2020. The summed E-state index contributed by atoms with van der Waals surface area (Å²) in [4.78, 5) is 92.6. The lowest BCUT2D eigenvalue weighted by Crippen LogP contribution is -2.24. The second-order valence-corrected chi connectivity index (χ2v) is 14.1. The minimum atomic E-state index is -1.22. The van der Waals surface area contributed by atoms with Crippen molar-refractivity contribution in [2.75, 3.05) is 0 Å². The minimum Gasteiger partial charge on any atom is -0.506 e. The Morgan fingerprint density at radius 3 is 0.933 bits per heavy atom. The van der Waals surface area contributed by atoms with E-state index in [0.29, 0.717) is 0 Å². The molecular weight excluding hydrogens is 788 g/mol. The monoisotopic (exact) mass is 836 g/mol. The SMILES string of the molecule is CC(C)(C)OC(=O)CCC(=O)c1ncccc1O.CC(C)(C)OC(=O)CCC(=O)c1ncccc1O.O=C(O)CCC(=O)c1ncccc1O.O=C(O)c1ncccc1O. The molecule has 6 N–H and O–H groups in total. The van der Waals surface area contributed by atoms with Crippen LogP contribution >= 0.6 is 0 Å². The number of ether oxygens (including phenoxy) is 2. The first-order chi connectivity index (χ1) is 27.9. The Hall–Kier alpha value is -7.31. The fourth-order valence-electron chi connectivity index (χ4n) is 4.19. The highest BCUT2D eigenvalue weighted by atomic mass is 16.6. The number of nitrogens with zero attached hydrogens (tertiary/aromatic N) is 4. The van der Waals surface area contributed by atoms with E-state index in [9.17, 15) is 48.9 Å². The van der Waals surface area contributed by atoms with Gasteiger partial charge in [0.15, 0.2) is 23.0 Å².